The topological polar surface area (TPSA) is 54.9 Å². The molecule has 0 heterocycles. The van der Waals surface area contributed by atoms with Gasteiger partial charge in [-0.1, -0.05) is 41.4 Å². The summed E-state index contributed by atoms with van der Waals surface area (Å²) in [6.45, 7) is 6.17. The number of hydrogen-bond acceptors (Lipinski definition) is 3. The van der Waals surface area contributed by atoms with Gasteiger partial charge >= 0.3 is 0 Å². The quantitative estimate of drug-likeness (QED) is 0.286. The van der Waals surface area contributed by atoms with Gasteiger partial charge in [-0.3, -0.25) is 4.99 Å². The van der Waals surface area contributed by atoms with Crippen LogP contribution in [-0.4, -0.2) is 53.0 Å². The molecule has 0 radical (unpaired) electrons. The molecule has 5 nitrogen and oxygen atoms in total. The summed E-state index contributed by atoms with van der Waals surface area (Å²) in [5, 5.41) is 6.83. The van der Waals surface area contributed by atoms with Gasteiger partial charge in [0.15, 0.2) is 5.96 Å². The molecular formula is C20H34BrN3O2. The lowest BCUT2D eigenvalue weighted by molar-refractivity contribution is 0.0689. The van der Waals surface area contributed by atoms with Crippen LogP contribution < -0.4 is 10.6 Å². The fourth-order valence-corrected chi connectivity index (χ4v) is 3.05. The van der Waals surface area contributed by atoms with Gasteiger partial charge in [-0.15, -0.1) is 0 Å². The second-order valence-electron chi connectivity index (χ2n) is 6.30. The summed E-state index contributed by atoms with van der Waals surface area (Å²) in [5.41, 5.74) is 1.37. The van der Waals surface area contributed by atoms with E-state index in [1.54, 1.807) is 7.11 Å². The summed E-state index contributed by atoms with van der Waals surface area (Å²) in [6, 6.07) is 8.55. The van der Waals surface area contributed by atoms with Crippen LogP contribution in [0.4, 0.5) is 0 Å². The van der Waals surface area contributed by atoms with Crippen molar-refractivity contribution in [1.82, 2.24) is 10.6 Å². The molecule has 1 aromatic rings. The molecular weight excluding hydrogens is 394 g/mol. The van der Waals surface area contributed by atoms with Crippen LogP contribution in [0.2, 0.25) is 0 Å². The Bertz CT molecular complexity index is 512. The van der Waals surface area contributed by atoms with E-state index in [4.69, 9.17) is 9.47 Å². The monoisotopic (exact) mass is 427 g/mol. The molecule has 2 N–H and O–H groups in total. The highest BCUT2D eigenvalue weighted by atomic mass is 79.9. The smallest absolute Gasteiger partial charge is 0.190 e. The van der Waals surface area contributed by atoms with E-state index in [1.165, 1.54) is 5.56 Å². The zero-order valence-electron chi connectivity index (χ0n) is 16.4. The van der Waals surface area contributed by atoms with Crippen molar-refractivity contribution in [2.24, 2.45) is 10.9 Å². The van der Waals surface area contributed by atoms with Gasteiger partial charge in [0.1, 0.15) is 0 Å². The first-order valence-electron chi connectivity index (χ1n) is 9.45. The number of guanidine groups is 1. The average molecular weight is 428 g/mol. The molecule has 148 valence electrons. The SMILES string of the molecule is CCC(CNC(=NC)NCCCCOCCOC)Cc1cccc(Br)c1. The van der Waals surface area contributed by atoms with E-state index in [0.29, 0.717) is 19.1 Å². The zero-order chi connectivity index (χ0) is 19.0. The van der Waals surface area contributed by atoms with Crippen LogP contribution in [0.25, 0.3) is 0 Å². The molecule has 26 heavy (non-hydrogen) atoms. The molecule has 0 spiro atoms. The summed E-state index contributed by atoms with van der Waals surface area (Å²) >= 11 is 3.55. The van der Waals surface area contributed by atoms with Gasteiger partial charge in [0.05, 0.1) is 13.2 Å². The van der Waals surface area contributed by atoms with E-state index in [0.717, 1.165) is 55.8 Å². The van der Waals surface area contributed by atoms with Gasteiger partial charge in [0, 0.05) is 38.3 Å². The third kappa shape index (κ3) is 10.8. The summed E-state index contributed by atoms with van der Waals surface area (Å²) in [4.78, 5) is 4.31. The van der Waals surface area contributed by atoms with Crippen LogP contribution in [-0.2, 0) is 15.9 Å². The van der Waals surface area contributed by atoms with Crippen LogP contribution in [0.15, 0.2) is 33.7 Å². The lowest BCUT2D eigenvalue weighted by Gasteiger charge is -2.18. The van der Waals surface area contributed by atoms with E-state index in [9.17, 15) is 0 Å². The van der Waals surface area contributed by atoms with Gasteiger partial charge in [0.25, 0.3) is 0 Å². The standard InChI is InChI=1S/C20H34BrN3O2/c1-4-17(14-18-8-7-9-19(21)15-18)16-24-20(22-2)23-10-5-6-11-26-13-12-25-3/h7-9,15,17H,4-6,10-14,16H2,1-3H3,(H2,22,23,24). The molecule has 6 heteroatoms. The molecule has 0 amide bonds. The Hall–Kier alpha value is -1.11. The summed E-state index contributed by atoms with van der Waals surface area (Å²) < 4.78 is 11.6. The summed E-state index contributed by atoms with van der Waals surface area (Å²) in [7, 11) is 3.51. The van der Waals surface area contributed by atoms with E-state index in [2.05, 4.69) is 62.7 Å². The van der Waals surface area contributed by atoms with Crippen LogP contribution in [0.5, 0.6) is 0 Å². The number of halogens is 1. The maximum Gasteiger partial charge on any atom is 0.190 e. The lowest BCUT2D eigenvalue weighted by atomic mass is 9.97. The molecule has 0 aliphatic heterocycles. The van der Waals surface area contributed by atoms with Gasteiger partial charge in [-0.05, 0) is 42.9 Å². The molecule has 1 atom stereocenters. The van der Waals surface area contributed by atoms with E-state index in [-0.39, 0.29) is 0 Å². The molecule has 0 saturated heterocycles. The van der Waals surface area contributed by atoms with Crippen molar-refractivity contribution in [1.29, 1.82) is 0 Å². The zero-order valence-corrected chi connectivity index (χ0v) is 18.0. The summed E-state index contributed by atoms with van der Waals surface area (Å²) in [6.07, 6.45) is 4.30. The third-order valence-corrected chi connectivity index (χ3v) is 4.71. The highest BCUT2D eigenvalue weighted by molar-refractivity contribution is 9.10. The predicted octanol–water partition coefficient (Wildman–Crippen LogP) is 3.63. The van der Waals surface area contributed by atoms with Gasteiger partial charge in [0.2, 0.25) is 0 Å². The van der Waals surface area contributed by atoms with Gasteiger partial charge in [-0.25, -0.2) is 0 Å². The number of methoxy groups -OCH3 is 1. The Morgan fingerprint density at radius 2 is 2.04 bits per heavy atom. The number of nitrogens with one attached hydrogen (secondary N) is 2. The second kappa shape index (κ2) is 15.0. The summed E-state index contributed by atoms with van der Waals surface area (Å²) in [5.74, 6) is 1.45. The minimum atomic E-state index is 0.581. The highest BCUT2D eigenvalue weighted by Crippen LogP contribution is 2.16. The van der Waals surface area contributed by atoms with E-state index < -0.39 is 0 Å². The first-order valence-corrected chi connectivity index (χ1v) is 10.2. The number of rotatable bonds is 13. The van der Waals surface area contributed by atoms with Gasteiger partial charge < -0.3 is 20.1 Å². The molecule has 1 aromatic carbocycles. The van der Waals surface area contributed by atoms with Crippen LogP contribution in [0, 0.1) is 5.92 Å². The number of ether oxygens (including phenoxy) is 2. The Balaban J connectivity index is 2.21. The first-order chi connectivity index (χ1) is 12.7. The van der Waals surface area contributed by atoms with Crippen LogP contribution in [0.1, 0.15) is 31.7 Å². The van der Waals surface area contributed by atoms with Crippen molar-refractivity contribution in [2.75, 3.05) is 47.1 Å². The minimum absolute atomic E-state index is 0.581. The number of nitrogens with zero attached hydrogens (tertiary/aromatic N) is 1. The Morgan fingerprint density at radius 1 is 1.19 bits per heavy atom. The largest absolute Gasteiger partial charge is 0.382 e. The molecule has 0 aliphatic rings. The predicted molar refractivity (Wildman–Crippen MR) is 113 cm³/mol. The number of hydrogen-bond donors (Lipinski definition) is 2. The highest BCUT2D eigenvalue weighted by Gasteiger charge is 2.09. The third-order valence-electron chi connectivity index (χ3n) is 4.21. The van der Waals surface area contributed by atoms with Crippen molar-refractivity contribution in [3.05, 3.63) is 34.3 Å². The molecule has 0 aliphatic carbocycles. The van der Waals surface area contributed by atoms with E-state index >= 15 is 0 Å². The fraction of sp³-hybridized carbons (Fsp3) is 0.650. The Labute approximate surface area is 167 Å². The Kier molecular flexibility index (Phi) is 13.2. The van der Waals surface area contributed by atoms with Crippen molar-refractivity contribution in [3.63, 3.8) is 0 Å². The fourth-order valence-electron chi connectivity index (χ4n) is 2.60. The number of benzene rings is 1. The second-order valence-corrected chi connectivity index (χ2v) is 7.22. The maximum absolute atomic E-state index is 5.46. The van der Waals surface area contributed by atoms with Crippen molar-refractivity contribution in [2.45, 2.75) is 32.6 Å². The average Bonchev–Trinajstić information content (AvgIpc) is 2.65. The van der Waals surface area contributed by atoms with Crippen molar-refractivity contribution in [3.8, 4) is 0 Å². The minimum Gasteiger partial charge on any atom is -0.382 e. The maximum atomic E-state index is 5.46. The normalized spacial score (nSPS) is 12.8. The first kappa shape index (κ1) is 22.9. The number of aliphatic imine (C=N–C) groups is 1. The molecule has 1 unspecified atom stereocenters. The molecule has 0 fully saturated rings. The van der Waals surface area contributed by atoms with Crippen LogP contribution >= 0.6 is 15.9 Å². The molecule has 0 bridgehead atoms. The van der Waals surface area contributed by atoms with Gasteiger partial charge in [-0.2, -0.15) is 0 Å². The molecule has 0 aromatic heterocycles. The van der Waals surface area contributed by atoms with Crippen LogP contribution in [0.3, 0.4) is 0 Å². The molecule has 0 saturated carbocycles. The Morgan fingerprint density at radius 3 is 2.73 bits per heavy atom. The number of unbranched alkanes of at least 4 members (excludes halogenated alkanes) is 1. The lowest BCUT2D eigenvalue weighted by Crippen LogP contribution is -2.40. The van der Waals surface area contributed by atoms with Crippen molar-refractivity contribution >= 4 is 21.9 Å². The van der Waals surface area contributed by atoms with Crippen molar-refractivity contribution < 1.29 is 9.47 Å². The van der Waals surface area contributed by atoms with E-state index in [1.807, 2.05) is 7.05 Å². The molecule has 1 rings (SSSR count).